The first-order valence-corrected chi connectivity index (χ1v) is 7.70. The fourth-order valence-electron chi connectivity index (χ4n) is 3.42. The molecule has 1 fully saturated rings. The lowest BCUT2D eigenvalue weighted by atomic mass is 9.80. The van der Waals surface area contributed by atoms with E-state index in [0.717, 1.165) is 12.5 Å². The molecule has 0 radical (unpaired) electrons. The van der Waals surface area contributed by atoms with E-state index < -0.39 is 0 Å². The summed E-state index contributed by atoms with van der Waals surface area (Å²) in [7, 11) is 2.23. The maximum atomic E-state index is 6.35. The number of rotatable bonds is 5. The molecule has 19 heavy (non-hydrogen) atoms. The molecule has 2 N–H and O–H groups in total. The van der Waals surface area contributed by atoms with Crippen molar-refractivity contribution >= 4 is 0 Å². The largest absolute Gasteiger partial charge is 0.326 e. The minimum atomic E-state index is 0.349. The Hall–Kier alpha value is -0.860. The van der Waals surface area contributed by atoms with Crippen molar-refractivity contribution in [3.8, 4) is 0 Å². The van der Waals surface area contributed by atoms with E-state index >= 15 is 0 Å². The van der Waals surface area contributed by atoms with E-state index in [1.165, 1.54) is 37.7 Å². The summed E-state index contributed by atoms with van der Waals surface area (Å²) in [6.45, 7) is 3.30. The van der Waals surface area contributed by atoms with Gasteiger partial charge in [0, 0.05) is 18.6 Å². The van der Waals surface area contributed by atoms with Gasteiger partial charge in [0.15, 0.2) is 0 Å². The van der Waals surface area contributed by atoms with Gasteiger partial charge in [0.25, 0.3) is 0 Å². The molecule has 2 heteroatoms. The van der Waals surface area contributed by atoms with Crippen molar-refractivity contribution in [3.63, 3.8) is 0 Å². The highest BCUT2D eigenvalue weighted by molar-refractivity contribution is 5.14. The molecule has 0 spiro atoms. The summed E-state index contributed by atoms with van der Waals surface area (Å²) in [5.41, 5.74) is 7.73. The second kappa shape index (κ2) is 7.06. The first-order valence-electron chi connectivity index (χ1n) is 7.70. The van der Waals surface area contributed by atoms with Gasteiger partial charge in [-0.25, -0.2) is 0 Å². The number of hydrogen-bond donors (Lipinski definition) is 1. The van der Waals surface area contributed by atoms with Crippen molar-refractivity contribution < 1.29 is 0 Å². The fraction of sp³-hybridized carbons (Fsp3) is 0.647. The van der Waals surface area contributed by atoms with Crippen molar-refractivity contribution in [1.29, 1.82) is 0 Å². The van der Waals surface area contributed by atoms with Crippen LogP contribution in [0.15, 0.2) is 30.3 Å². The Morgan fingerprint density at radius 2 is 1.95 bits per heavy atom. The van der Waals surface area contributed by atoms with E-state index in [9.17, 15) is 0 Å². The van der Waals surface area contributed by atoms with Crippen molar-refractivity contribution in [3.05, 3.63) is 35.9 Å². The van der Waals surface area contributed by atoms with Crippen molar-refractivity contribution in [2.75, 3.05) is 7.05 Å². The summed E-state index contributed by atoms with van der Waals surface area (Å²) in [4.78, 5) is 2.46. The second-order valence-corrected chi connectivity index (χ2v) is 6.10. The van der Waals surface area contributed by atoms with Crippen LogP contribution in [0.3, 0.4) is 0 Å². The van der Waals surface area contributed by atoms with Gasteiger partial charge in [-0.2, -0.15) is 0 Å². The van der Waals surface area contributed by atoms with Crippen LogP contribution in [0.4, 0.5) is 0 Å². The van der Waals surface area contributed by atoms with E-state index in [-0.39, 0.29) is 0 Å². The minimum absolute atomic E-state index is 0.349. The molecule has 1 aromatic rings. The van der Waals surface area contributed by atoms with E-state index in [2.05, 4.69) is 49.2 Å². The van der Waals surface area contributed by atoms with Crippen molar-refractivity contribution in [2.45, 2.75) is 57.7 Å². The maximum Gasteiger partial charge on any atom is 0.0250 e. The molecule has 1 aliphatic carbocycles. The Morgan fingerprint density at radius 3 is 2.63 bits per heavy atom. The van der Waals surface area contributed by atoms with Gasteiger partial charge in [0.2, 0.25) is 0 Å². The van der Waals surface area contributed by atoms with Crippen LogP contribution in [-0.4, -0.2) is 24.0 Å². The summed E-state index contributed by atoms with van der Waals surface area (Å²) in [6, 6.07) is 11.6. The number of nitrogens with zero attached hydrogens (tertiary/aromatic N) is 1. The lowest BCUT2D eigenvalue weighted by molar-refractivity contribution is 0.127. The molecule has 0 saturated heterocycles. The summed E-state index contributed by atoms with van der Waals surface area (Å²) in [5.74, 6) is 0.882. The monoisotopic (exact) mass is 260 g/mol. The van der Waals surface area contributed by atoms with Gasteiger partial charge in [0.1, 0.15) is 0 Å². The average Bonchev–Trinajstić information content (AvgIpc) is 2.42. The standard InChI is InChI=1S/C17H28N2/c1-3-7-14-10-11-16(18)17(12-14)19(2)13-15-8-5-4-6-9-15/h4-6,8-9,14,16-17H,3,7,10-13,18H2,1-2H3. The van der Waals surface area contributed by atoms with Crippen LogP contribution in [0.25, 0.3) is 0 Å². The van der Waals surface area contributed by atoms with Crippen LogP contribution in [0.1, 0.15) is 44.6 Å². The SMILES string of the molecule is CCCC1CCC(N)C(N(C)Cc2ccccc2)C1. The number of likely N-dealkylation sites (N-methyl/N-ethyl adjacent to an activating group) is 1. The lowest BCUT2D eigenvalue weighted by Crippen LogP contribution is -2.49. The molecular formula is C17H28N2. The summed E-state index contributed by atoms with van der Waals surface area (Å²) in [5, 5.41) is 0. The Kier molecular flexibility index (Phi) is 5.41. The molecule has 3 atom stereocenters. The molecule has 0 heterocycles. The zero-order valence-corrected chi connectivity index (χ0v) is 12.4. The topological polar surface area (TPSA) is 29.3 Å². The lowest BCUT2D eigenvalue weighted by Gasteiger charge is -2.39. The third-order valence-corrected chi connectivity index (χ3v) is 4.52. The first kappa shape index (κ1) is 14.5. The summed E-state index contributed by atoms with van der Waals surface area (Å²) < 4.78 is 0. The summed E-state index contributed by atoms with van der Waals surface area (Å²) in [6.07, 6.45) is 6.45. The number of nitrogens with two attached hydrogens (primary N) is 1. The van der Waals surface area contributed by atoms with E-state index in [4.69, 9.17) is 5.73 Å². The van der Waals surface area contributed by atoms with Crippen LogP contribution in [0.5, 0.6) is 0 Å². The van der Waals surface area contributed by atoms with Crippen LogP contribution < -0.4 is 5.73 Å². The highest BCUT2D eigenvalue weighted by Crippen LogP contribution is 2.30. The predicted octanol–water partition coefficient (Wildman–Crippen LogP) is 3.41. The molecule has 1 aromatic carbocycles. The Labute approximate surface area is 118 Å². The Morgan fingerprint density at radius 1 is 1.21 bits per heavy atom. The maximum absolute atomic E-state index is 6.35. The molecule has 2 nitrogen and oxygen atoms in total. The highest BCUT2D eigenvalue weighted by Gasteiger charge is 2.30. The normalized spacial score (nSPS) is 27.7. The zero-order chi connectivity index (χ0) is 13.7. The van der Waals surface area contributed by atoms with Crippen LogP contribution >= 0.6 is 0 Å². The van der Waals surface area contributed by atoms with E-state index in [1.807, 2.05) is 0 Å². The zero-order valence-electron chi connectivity index (χ0n) is 12.4. The van der Waals surface area contributed by atoms with E-state index in [1.54, 1.807) is 0 Å². The Balaban J connectivity index is 1.94. The van der Waals surface area contributed by atoms with Gasteiger partial charge >= 0.3 is 0 Å². The highest BCUT2D eigenvalue weighted by atomic mass is 15.1. The summed E-state index contributed by atoms with van der Waals surface area (Å²) >= 11 is 0. The van der Waals surface area contributed by atoms with Crippen LogP contribution in [-0.2, 0) is 6.54 Å². The molecular weight excluding hydrogens is 232 g/mol. The molecule has 0 bridgehead atoms. The molecule has 2 rings (SSSR count). The third-order valence-electron chi connectivity index (χ3n) is 4.52. The minimum Gasteiger partial charge on any atom is -0.326 e. The molecule has 1 saturated carbocycles. The molecule has 0 aliphatic heterocycles. The molecule has 3 unspecified atom stereocenters. The van der Waals surface area contributed by atoms with E-state index in [0.29, 0.717) is 12.1 Å². The number of hydrogen-bond acceptors (Lipinski definition) is 2. The van der Waals surface area contributed by atoms with Crippen molar-refractivity contribution in [1.82, 2.24) is 4.90 Å². The molecule has 1 aliphatic rings. The predicted molar refractivity (Wildman–Crippen MR) is 81.9 cm³/mol. The van der Waals surface area contributed by atoms with Gasteiger partial charge in [-0.15, -0.1) is 0 Å². The van der Waals surface area contributed by atoms with Gasteiger partial charge in [-0.3, -0.25) is 4.90 Å². The van der Waals surface area contributed by atoms with Crippen molar-refractivity contribution in [2.24, 2.45) is 11.7 Å². The molecule has 106 valence electrons. The number of benzene rings is 1. The smallest absolute Gasteiger partial charge is 0.0250 e. The molecule has 0 aromatic heterocycles. The average molecular weight is 260 g/mol. The second-order valence-electron chi connectivity index (χ2n) is 6.10. The van der Waals surface area contributed by atoms with Crippen LogP contribution in [0, 0.1) is 5.92 Å². The Bertz CT molecular complexity index is 363. The van der Waals surface area contributed by atoms with Crippen LogP contribution in [0.2, 0.25) is 0 Å². The quantitative estimate of drug-likeness (QED) is 0.879. The van der Waals surface area contributed by atoms with Gasteiger partial charge in [-0.1, -0.05) is 50.1 Å². The fourth-order valence-corrected chi connectivity index (χ4v) is 3.42. The van der Waals surface area contributed by atoms with Gasteiger partial charge in [0.05, 0.1) is 0 Å². The van der Waals surface area contributed by atoms with Gasteiger partial charge in [-0.05, 0) is 37.8 Å². The molecule has 0 amide bonds. The third kappa shape index (κ3) is 4.05. The first-order chi connectivity index (χ1) is 9.20. The van der Waals surface area contributed by atoms with Gasteiger partial charge < -0.3 is 5.73 Å².